The number of hydrogen-bond donors (Lipinski definition) is 0. The Labute approximate surface area is 177 Å². The zero-order valence-electron chi connectivity index (χ0n) is 16.3. The minimum Gasteiger partial charge on any atom is -0.339 e. The number of rotatable bonds is 2. The standard InChI is InChI=1S/C22H22BrN5O/c1-26-18-12-15(22(29)27-10-4-2-3-5-11-27)6-8-17(18)21(25-26)19-13-24-20-9-7-16(23)14-28(19)20/h6-9,12-14H,2-5,10-11H2,1H3. The van der Waals surface area contributed by atoms with Gasteiger partial charge in [-0.3, -0.25) is 13.9 Å². The summed E-state index contributed by atoms with van der Waals surface area (Å²) in [6.07, 6.45) is 8.45. The third kappa shape index (κ3) is 3.23. The number of imidazole rings is 1. The van der Waals surface area contributed by atoms with Crippen molar-refractivity contribution in [3.63, 3.8) is 0 Å². The normalized spacial score (nSPS) is 15.2. The molecule has 148 valence electrons. The van der Waals surface area contributed by atoms with Crippen LogP contribution in [0.2, 0.25) is 0 Å². The van der Waals surface area contributed by atoms with Gasteiger partial charge < -0.3 is 4.90 Å². The zero-order valence-corrected chi connectivity index (χ0v) is 17.9. The summed E-state index contributed by atoms with van der Waals surface area (Å²) in [5, 5.41) is 5.77. The highest BCUT2D eigenvalue weighted by molar-refractivity contribution is 9.10. The summed E-state index contributed by atoms with van der Waals surface area (Å²) in [6, 6.07) is 9.86. The molecule has 1 aliphatic heterocycles. The van der Waals surface area contributed by atoms with Gasteiger partial charge in [0.1, 0.15) is 11.3 Å². The monoisotopic (exact) mass is 451 g/mol. The van der Waals surface area contributed by atoms with E-state index in [1.165, 1.54) is 12.8 Å². The Bertz CT molecular complexity index is 1220. The van der Waals surface area contributed by atoms with Gasteiger partial charge >= 0.3 is 0 Å². The van der Waals surface area contributed by atoms with Crippen molar-refractivity contribution in [2.24, 2.45) is 7.05 Å². The van der Waals surface area contributed by atoms with E-state index in [-0.39, 0.29) is 5.91 Å². The molecule has 1 aromatic carbocycles. The predicted molar refractivity (Wildman–Crippen MR) is 117 cm³/mol. The quantitative estimate of drug-likeness (QED) is 0.444. The lowest BCUT2D eigenvalue weighted by Gasteiger charge is -2.20. The Hall–Kier alpha value is -2.67. The first-order valence-electron chi connectivity index (χ1n) is 10.0. The van der Waals surface area contributed by atoms with Gasteiger partial charge in [-0.25, -0.2) is 4.98 Å². The largest absolute Gasteiger partial charge is 0.339 e. The van der Waals surface area contributed by atoms with Gasteiger partial charge in [-0.1, -0.05) is 12.8 Å². The second-order valence-corrected chi connectivity index (χ2v) is 8.55. The van der Waals surface area contributed by atoms with Crippen LogP contribution in [0.5, 0.6) is 0 Å². The lowest BCUT2D eigenvalue weighted by Crippen LogP contribution is -2.31. The van der Waals surface area contributed by atoms with Crippen LogP contribution in [0.25, 0.3) is 27.9 Å². The Kier molecular flexibility index (Phi) is 4.62. The molecule has 6 nitrogen and oxygen atoms in total. The molecule has 0 radical (unpaired) electrons. The molecule has 7 heteroatoms. The van der Waals surface area contributed by atoms with E-state index in [1.807, 2.05) is 63.8 Å². The lowest BCUT2D eigenvalue weighted by molar-refractivity contribution is 0.0762. The van der Waals surface area contributed by atoms with E-state index < -0.39 is 0 Å². The van der Waals surface area contributed by atoms with E-state index in [4.69, 9.17) is 5.10 Å². The van der Waals surface area contributed by atoms with E-state index >= 15 is 0 Å². The number of aromatic nitrogens is 4. The first-order chi connectivity index (χ1) is 14.1. The summed E-state index contributed by atoms with van der Waals surface area (Å²) in [6.45, 7) is 1.70. The Morgan fingerprint density at radius 2 is 1.86 bits per heavy atom. The fourth-order valence-electron chi connectivity index (χ4n) is 4.17. The summed E-state index contributed by atoms with van der Waals surface area (Å²) < 4.78 is 4.86. The summed E-state index contributed by atoms with van der Waals surface area (Å²) in [5.41, 5.74) is 4.34. The third-order valence-corrected chi connectivity index (χ3v) is 6.17. The maximum Gasteiger partial charge on any atom is 0.253 e. The van der Waals surface area contributed by atoms with Crippen LogP contribution in [-0.2, 0) is 7.05 Å². The third-order valence-electron chi connectivity index (χ3n) is 5.70. The molecule has 4 heterocycles. The zero-order chi connectivity index (χ0) is 20.0. The predicted octanol–water partition coefficient (Wildman–Crippen LogP) is 4.67. The van der Waals surface area contributed by atoms with Gasteiger partial charge in [0.25, 0.3) is 5.91 Å². The number of benzene rings is 1. The fraction of sp³-hybridized carbons (Fsp3) is 0.318. The van der Waals surface area contributed by atoms with Crippen molar-refractivity contribution >= 4 is 38.4 Å². The van der Waals surface area contributed by atoms with Crippen molar-refractivity contribution in [1.29, 1.82) is 0 Å². The van der Waals surface area contributed by atoms with Crippen molar-refractivity contribution < 1.29 is 4.79 Å². The van der Waals surface area contributed by atoms with Crippen molar-refractivity contribution in [2.75, 3.05) is 13.1 Å². The van der Waals surface area contributed by atoms with Crippen molar-refractivity contribution in [3.8, 4) is 11.4 Å². The molecule has 0 spiro atoms. The highest BCUT2D eigenvalue weighted by Crippen LogP contribution is 2.30. The number of amides is 1. The highest BCUT2D eigenvalue weighted by Gasteiger charge is 2.20. The molecule has 0 atom stereocenters. The number of aryl methyl sites for hydroxylation is 1. The molecule has 1 saturated heterocycles. The van der Waals surface area contributed by atoms with Crippen molar-refractivity contribution in [1.82, 2.24) is 24.1 Å². The number of pyridine rings is 1. The minimum absolute atomic E-state index is 0.121. The van der Waals surface area contributed by atoms with Crippen LogP contribution in [-0.4, -0.2) is 43.1 Å². The van der Waals surface area contributed by atoms with Crippen LogP contribution in [0, 0.1) is 0 Å². The molecule has 0 saturated carbocycles. The molecule has 1 fully saturated rings. The van der Waals surface area contributed by atoms with Crippen LogP contribution in [0.15, 0.2) is 47.2 Å². The topological polar surface area (TPSA) is 55.4 Å². The molecule has 0 N–H and O–H groups in total. The number of carbonyl (C=O) groups excluding carboxylic acids is 1. The smallest absolute Gasteiger partial charge is 0.253 e. The van der Waals surface area contributed by atoms with Gasteiger partial charge in [0.05, 0.1) is 17.4 Å². The van der Waals surface area contributed by atoms with Crippen LogP contribution in [0.3, 0.4) is 0 Å². The molecule has 0 bridgehead atoms. The minimum atomic E-state index is 0.121. The van der Waals surface area contributed by atoms with E-state index in [0.29, 0.717) is 0 Å². The summed E-state index contributed by atoms with van der Waals surface area (Å²) in [4.78, 5) is 19.5. The van der Waals surface area contributed by atoms with Crippen LogP contribution in [0.1, 0.15) is 36.0 Å². The molecular formula is C22H22BrN5O. The van der Waals surface area contributed by atoms with E-state index in [0.717, 1.165) is 63.9 Å². The average molecular weight is 452 g/mol. The Morgan fingerprint density at radius 3 is 2.66 bits per heavy atom. The van der Waals surface area contributed by atoms with E-state index in [2.05, 4.69) is 20.9 Å². The average Bonchev–Trinajstić information content (AvgIpc) is 3.15. The second kappa shape index (κ2) is 7.30. The lowest BCUT2D eigenvalue weighted by atomic mass is 10.1. The number of halogens is 1. The van der Waals surface area contributed by atoms with Crippen molar-refractivity contribution in [3.05, 3.63) is 52.8 Å². The van der Waals surface area contributed by atoms with Crippen LogP contribution in [0.4, 0.5) is 0 Å². The number of likely N-dealkylation sites (tertiary alicyclic amines) is 1. The highest BCUT2D eigenvalue weighted by atomic mass is 79.9. The van der Waals surface area contributed by atoms with Crippen molar-refractivity contribution in [2.45, 2.75) is 25.7 Å². The molecular weight excluding hydrogens is 430 g/mol. The Morgan fingerprint density at radius 1 is 1.07 bits per heavy atom. The molecule has 5 rings (SSSR count). The van der Waals surface area contributed by atoms with Gasteiger partial charge in [0.15, 0.2) is 0 Å². The molecule has 3 aromatic heterocycles. The van der Waals surface area contributed by atoms with Gasteiger partial charge in [0.2, 0.25) is 0 Å². The summed E-state index contributed by atoms with van der Waals surface area (Å²) >= 11 is 3.53. The van der Waals surface area contributed by atoms with Crippen LogP contribution < -0.4 is 0 Å². The van der Waals surface area contributed by atoms with Gasteiger partial charge in [-0.2, -0.15) is 5.10 Å². The number of fused-ring (bicyclic) bond motifs is 2. The maximum absolute atomic E-state index is 13.0. The molecule has 4 aromatic rings. The van der Waals surface area contributed by atoms with Gasteiger partial charge in [-0.05, 0) is 59.1 Å². The second-order valence-electron chi connectivity index (χ2n) is 7.63. The fourth-order valence-corrected chi connectivity index (χ4v) is 4.50. The molecule has 1 aliphatic rings. The van der Waals surface area contributed by atoms with Gasteiger partial charge in [0, 0.05) is 41.8 Å². The Balaban J connectivity index is 1.57. The number of carbonyl (C=O) groups is 1. The van der Waals surface area contributed by atoms with E-state index in [1.54, 1.807) is 0 Å². The molecule has 0 unspecified atom stereocenters. The molecule has 29 heavy (non-hydrogen) atoms. The maximum atomic E-state index is 13.0. The van der Waals surface area contributed by atoms with Gasteiger partial charge in [-0.15, -0.1) is 0 Å². The first-order valence-corrected chi connectivity index (χ1v) is 10.8. The molecule has 1 amide bonds. The molecule has 0 aliphatic carbocycles. The van der Waals surface area contributed by atoms with E-state index in [9.17, 15) is 4.79 Å². The number of nitrogens with zero attached hydrogens (tertiary/aromatic N) is 5. The summed E-state index contributed by atoms with van der Waals surface area (Å²) in [7, 11) is 1.92. The first kappa shape index (κ1) is 18.4. The van der Waals surface area contributed by atoms with Crippen LogP contribution >= 0.6 is 15.9 Å². The SMILES string of the molecule is Cn1nc(-c2cnc3ccc(Br)cn23)c2ccc(C(=O)N3CCCCCC3)cc21. The summed E-state index contributed by atoms with van der Waals surface area (Å²) in [5.74, 6) is 0.121. The number of hydrogen-bond acceptors (Lipinski definition) is 3.